The molecule has 2 heterocycles. The molecule has 3 rings (SSSR count). The van der Waals surface area contributed by atoms with Crippen LogP contribution in [0.4, 0.5) is 0 Å². The van der Waals surface area contributed by atoms with Gasteiger partial charge in [0.25, 0.3) is 0 Å². The van der Waals surface area contributed by atoms with E-state index in [2.05, 4.69) is 26.1 Å². The number of aromatic nitrogens is 1. The van der Waals surface area contributed by atoms with Crippen LogP contribution in [-0.2, 0) is 6.54 Å². The number of piperazine rings is 1. The number of hydrogen-bond acceptors (Lipinski definition) is 4. The predicted octanol–water partition coefficient (Wildman–Crippen LogP) is -0.109. The zero-order valence-electron chi connectivity index (χ0n) is 12.8. The van der Waals surface area contributed by atoms with Gasteiger partial charge in [0, 0.05) is 50.1 Å². The van der Waals surface area contributed by atoms with Crippen LogP contribution in [0, 0.1) is 0 Å². The Labute approximate surface area is 148 Å². The minimum Gasteiger partial charge on any atom is -1.00 e. The Kier molecular flexibility index (Phi) is 6.84. The van der Waals surface area contributed by atoms with Gasteiger partial charge in [0.15, 0.2) is 0 Å². The summed E-state index contributed by atoms with van der Waals surface area (Å²) in [6.07, 6.45) is 5.46. The molecular formula is C17H19Cl2N4-. The molecular weight excluding hydrogens is 331 g/mol. The van der Waals surface area contributed by atoms with Gasteiger partial charge in [-0.3, -0.25) is 14.9 Å². The second kappa shape index (κ2) is 8.87. The quantitative estimate of drug-likeness (QED) is 0.722. The molecule has 122 valence electrons. The van der Waals surface area contributed by atoms with Crippen LogP contribution in [0.1, 0.15) is 11.1 Å². The molecule has 0 atom stereocenters. The summed E-state index contributed by atoms with van der Waals surface area (Å²) in [7, 11) is 0. The van der Waals surface area contributed by atoms with Crippen LogP contribution in [0.2, 0.25) is 5.02 Å². The molecule has 0 unspecified atom stereocenters. The molecule has 23 heavy (non-hydrogen) atoms. The molecule has 0 N–H and O–H groups in total. The minimum absolute atomic E-state index is 0. The number of pyridine rings is 1. The fourth-order valence-corrected chi connectivity index (χ4v) is 2.67. The molecule has 1 aromatic heterocycles. The Morgan fingerprint density at radius 1 is 1.04 bits per heavy atom. The highest BCUT2D eigenvalue weighted by Crippen LogP contribution is 2.17. The van der Waals surface area contributed by atoms with E-state index in [1.54, 1.807) is 12.4 Å². The lowest BCUT2D eigenvalue weighted by molar-refractivity contribution is -0.00000442. The van der Waals surface area contributed by atoms with Gasteiger partial charge in [0.2, 0.25) is 0 Å². The van der Waals surface area contributed by atoms with Crippen LogP contribution in [0.3, 0.4) is 0 Å². The van der Waals surface area contributed by atoms with Gasteiger partial charge in [-0.2, -0.15) is 5.10 Å². The predicted molar refractivity (Wildman–Crippen MR) is 90.1 cm³/mol. The van der Waals surface area contributed by atoms with E-state index in [0.717, 1.165) is 43.3 Å². The van der Waals surface area contributed by atoms with Gasteiger partial charge in [-0.05, 0) is 29.3 Å². The maximum absolute atomic E-state index is 6.22. The van der Waals surface area contributed by atoms with Gasteiger partial charge in [0.1, 0.15) is 0 Å². The number of hydrogen-bond donors (Lipinski definition) is 0. The second-order valence-corrected chi connectivity index (χ2v) is 5.75. The standard InChI is InChI=1S/C17H19ClN4.ClH/c18-17-4-2-1-3-16(17)14-21-9-11-22(12-10-21)20-13-15-5-7-19-8-6-15;/h1-8,13H,9-12,14H2;1H/p-1. The SMILES string of the molecule is Clc1ccccc1CN1CCN(N=Cc2ccncc2)CC1.[Cl-]. The van der Waals surface area contributed by atoms with Gasteiger partial charge < -0.3 is 12.4 Å². The summed E-state index contributed by atoms with van der Waals surface area (Å²) < 4.78 is 0. The van der Waals surface area contributed by atoms with Gasteiger partial charge in [-0.25, -0.2) is 0 Å². The number of hydrazone groups is 1. The highest BCUT2D eigenvalue weighted by Gasteiger charge is 2.16. The van der Waals surface area contributed by atoms with Crippen molar-refractivity contribution in [3.63, 3.8) is 0 Å². The molecule has 0 aliphatic carbocycles. The van der Waals surface area contributed by atoms with Crippen LogP contribution in [0.5, 0.6) is 0 Å². The molecule has 4 nitrogen and oxygen atoms in total. The maximum Gasteiger partial charge on any atom is 0.0544 e. The van der Waals surface area contributed by atoms with Crippen LogP contribution in [0.25, 0.3) is 0 Å². The normalized spacial score (nSPS) is 15.6. The maximum atomic E-state index is 6.22. The summed E-state index contributed by atoms with van der Waals surface area (Å²) in [5, 5.41) is 7.50. The zero-order valence-corrected chi connectivity index (χ0v) is 14.3. The van der Waals surface area contributed by atoms with Crippen molar-refractivity contribution >= 4 is 17.8 Å². The first-order valence-electron chi connectivity index (χ1n) is 7.46. The molecule has 6 heteroatoms. The Balaban J connectivity index is 0.00000192. The van der Waals surface area contributed by atoms with E-state index in [1.807, 2.05) is 36.5 Å². The summed E-state index contributed by atoms with van der Waals surface area (Å²) in [6, 6.07) is 12.0. The van der Waals surface area contributed by atoms with Crippen molar-refractivity contribution in [3.05, 3.63) is 64.9 Å². The van der Waals surface area contributed by atoms with E-state index in [9.17, 15) is 0 Å². The molecule has 0 spiro atoms. The van der Waals surface area contributed by atoms with Crippen molar-refractivity contribution in [1.82, 2.24) is 14.9 Å². The van der Waals surface area contributed by atoms with Gasteiger partial charge in [0.05, 0.1) is 6.21 Å². The number of benzene rings is 1. The monoisotopic (exact) mass is 349 g/mol. The smallest absolute Gasteiger partial charge is 0.0544 e. The largest absolute Gasteiger partial charge is 1.00 e. The summed E-state index contributed by atoms with van der Waals surface area (Å²) in [5.41, 5.74) is 2.27. The van der Waals surface area contributed by atoms with Crippen LogP contribution in [0.15, 0.2) is 53.9 Å². The molecule has 1 saturated heterocycles. The average molecular weight is 350 g/mol. The molecule has 1 aliphatic rings. The average Bonchev–Trinajstić information content (AvgIpc) is 2.57. The van der Waals surface area contributed by atoms with Gasteiger partial charge in [-0.1, -0.05) is 29.8 Å². The lowest BCUT2D eigenvalue weighted by atomic mass is 10.2. The summed E-state index contributed by atoms with van der Waals surface area (Å²) >= 11 is 6.22. The van der Waals surface area contributed by atoms with Crippen LogP contribution < -0.4 is 12.4 Å². The summed E-state index contributed by atoms with van der Waals surface area (Å²) in [5.74, 6) is 0. The Morgan fingerprint density at radius 2 is 1.74 bits per heavy atom. The topological polar surface area (TPSA) is 31.7 Å². The van der Waals surface area contributed by atoms with Crippen molar-refractivity contribution in [2.45, 2.75) is 6.54 Å². The highest BCUT2D eigenvalue weighted by atomic mass is 35.5. The third-order valence-corrected chi connectivity index (χ3v) is 4.15. The first-order valence-corrected chi connectivity index (χ1v) is 7.84. The van der Waals surface area contributed by atoms with Crippen molar-refractivity contribution in [3.8, 4) is 0 Å². The van der Waals surface area contributed by atoms with E-state index in [1.165, 1.54) is 5.56 Å². The van der Waals surface area contributed by atoms with Crippen LogP contribution in [-0.4, -0.2) is 47.3 Å². The molecule has 1 aromatic carbocycles. The van der Waals surface area contributed by atoms with Crippen molar-refractivity contribution in [2.75, 3.05) is 26.2 Å². The summed E-state index contributed by atoms with van der Waals surface area (Å²) in [4.78, 5) is 6.42. The molecule has 1 aliphatic heterocycles. The first-order chi connectivity index (χ1) is 10.8. The fraction of sp³-hybridized carbons (Fsp3) is 0.294. The Morgan fingerprint density at radius 3 is 2.43 bits per heavy atom. The van der Waals surface area contributed by atoms with E-state index in [4.69, 9.17) is 11.6 Å². The molecule has 0 bridgehead atoms. The van der Waals surface area contributed by atoms with Gasteiger partial charge in [-0.15, -0.1) is 0 Å². The van der Waals surface area contributed by atoms with E-state index < -0.39 is 0 Å². The third-order valence-electron chi connectivity index (χ3n) is 3.78. The molecule has 0 radical (unpaired) electrons. The second-order valence-electron chi connectivity index (χ2n) is 5.35. The van der Waals surface area contributed by atoms with Crippen molar-refractivity contribution in [2.24, 2.45) is 5.10 Å². The third kappa shape index (κ3) is 5.20. The number of rotatable bonds is 4. The molecule has 1 fully saturated rings. The molecule has 2 aromatic rings. The van der Waals surface area contributed by atoms with Gasteiger partial charge >= 0.3 is 0 Å². The highest BCUT2D eigenvalue weighted by molar-refractivity contribution is 6.31. The van der Waals surface area contributed by atoms with E-state index in [-0.39, 0.29) is 12.4 Å². The zero-order chi connectivity index (χ0) is 15.2. The van der Waals surface area contributed by atoms with E-state index >= 15 is 0 Å². The first kappa shape index (κ1) is 17.7. The lowest BCUT2D eigenvalue weighted by Crippen LogP contribution is -3.00. The summed E-state index contributed by atoms with van der Waals surface area (Å²) in [6.45, 7) is 4.78. The van der Waals surface area contributed by atoms with Crippen molar-refractivity contribution in [1.29, 1.82) is 0 Å². The van der Waals surface area contributed by atoms with Crippen LogP contribution >= 0.6 is 11.6 Å². The lowest BCUT2D eigenvalue weighted by Gasteiger charge is -2.33. The Hall–Kier alpha value is -1.62. The number of halogens is 2. The number of nitrogens with zero attached hydrogens (tertiary/aromatic N) is 4. The molecule has 0 amide bonds. The Bertz CT molecular complexity index is 626. The van der Waals surface area contributed by atoms with E-state index in [0.29, 0.717) is 0 Å². The molecule has 0 saturated carbocycles. The van der Waals surface area contributed by atoms with Crippen molar-refractivity contribution < 1.29 is 12.4 Å². The minimum atomic E-state index is 0. The fourth-order valence-electron chi connectivity index (χ4n) is 2.48.